The molecule has 0 aromatic carbocycles. The number of aromatic nitrogens is 1. The van der Waals surface area contributed by atoms with Crippen molar-refractivity contribution in [2.75, 3.05) is 12.9 Å². The zero-order chi connectivity index (χ0) is 7.40. The van der Waals surface area contributed by atoms with Gasteiger partial charge in [-0.1, -0.05) is 16.9 Å². The van der Waals surface area contributed by atoms with Crippen molar-refractivity contribution in [1.29, 1.82) is 0 Å². The van der Waals surface area contributed by atoms with Crippen molar-refractivity contribution < 1.29 is 4.52 Å². The van der Waals surface area contributed by atoms with Crippen LogP contribution in [0.4, 0.5) is 0 Å². The first-order chi connectivity index (χ1) is 4.84. The van der Waals surface area contributed by atoms with Crippen molar-refractivity contribution in [2.45, 2.75) is 11.9 Å². The van der Waals surface area contributed by atoms with E-state index in [1.54, 1.807) is 18.0 Å². The topological polar surface area (TPSA) is 38.1 Å². The van der Waals surface area contributed by atoms with Gasteiger partial charge in [-0.15, -0.1) is 0 Å². The molecule has 0 amide bonds. The van der Waals surface area contributed by atoms with Crippen LogP contribution in [0.15, 0.2) is 15.8 Å². The Hall–Kier alpha value is -0.480. The van der Waals surface area contributed by atoms with Crippen LogP contribution in [0.5, 0.6) is 0 Å². The van der Waals surface area contributed by atoms with E-state index in [4.69, 9.17) is 4.52 Å². The zero-order valence-corrected chi connectivity index (χ0v) is 6.86. The van der Waals surface area contributed by atoms with Crippen LogP contribution >= 0.6 is 11.8 Å². The van der Waals surface area contributed by atoms with E-state index in [9.17, 15) is 0 Å². The maximum atomic E-state index is 4.74. The summed E-state index contributed by atoms with van der Waals surface area (Å²) in [6.45, 7) is 1.98. The standard InChI is InChI=1S/C6H10N2OS/c1-5-3-9-8-6(5)10-4-7-2/h3,7H,4H2,1-2H3. The molecular formula is C6H10N2OS. The smallest absolute Gasteiger partial charge is 0.143 e. The number of hydrogen-bond donors (Lipinski definition) is 1. The molecule has 0 bridgehead atoms. The second kappa shape index (κ2) is 3.63. The number of thioether (sulfide) groups is 1. The summed E-state index contributed by atoms with van der Waals surface area (Å²) in [4.78, 5) is 0. The highest BCUT2D eigenvalue weighted by Crippen LogP contribution is 2.17. The summed E-state index contributed by atoms with van der Waals surface area (Å²) in [5, 5.41) is 7.78. The van der Waals surface area contributed by atoms with Crippen LogP contribution in [0, 0.1) is 6.92 Å². The van der Waals surface area contributed by atoms with E-state index in [0.717, 1.165) is 16.5 Å². The summed E-state index contributed by atoms with van der Waals surface area (Å²) in [6.07, 6.45) is 1.65. The highest BCUT2D eigenvalue weighted by Gasteiger charge is 2.00. The van der Waals surface area contributed by atoms with Crippen LogP contribution in [-0.4, -0.2) is 18.1 Å². The quantitative estimate of drug-likeness (QED) is 0.530. The summed E-state index contributed by atoms with van der Waals surface area (Å²) in [7, 11) is 1.91. The second-order valence-electron chi connectivity index (χ2n) is 1.94. The van der Waals surface area contributed by atoms with E-state index >= 15 is 0 Å². The minimum atomic E-state index is 0.868. The molecule has 3 nitrogen and oxygen atoms in total. The largest absolute Gasteiger partial charge is 0.363 e. The second-order valence-corrected chi connectivity index (χ2v) is 2.91. The van der Waals surface area contributed by atoms with Crippen LogP contribution < -0.4 is 5.32 Å². The van der Waals surface area contributed by atoms with Gasteiger partial charge in [0.05, 0.1) is 0 Å². The van der Waals surface area contributed by atoms with Gasteiger partial charge < -0.3 is 9.84 Å². The third kappa shape index (κ3) is 1.75. The molecular weight excluding hydrogens is 148 g/mol. The highest BCUT2D eigenvalue weighted by molar-refractivity contribution is 7.99. The Bertz CT molecular complexity index is 199. The van der Waals surface area contributed by atoms with Gasteiger partial charge >= 0.3 is 0 Å². The van der Waals surface area contributed by atoms with Gasteiger partial charge in [0.1, 0.15) is 11.3 Å². The Balaban J connectivity index is 2.49. The van der Waals surface area contributed by atoms with Gasteiger partial charge in [-0.3, -0.25) is 0 Å². The molecule has 1 aromatic heterocycles. The summed E-state index contributed by atoms with van der Waals surface area (Å²) in [5.74, 6) is 0.868. The molecule has 1 rings (SSSR count). The van der Waals surface area contributed by atoms with Gasteiger partial charge in [0.15, 0.2) is 0 Å². The van der Waals surface area contributed by atoms with Gasteiger partial charge in [0, 0.05) is 11.4 Å². The molecule has 0 saturated heterocycles. The van der Waals surface area contributed by atoms with Crippen molar-refractivity contribution in [3.63, 3.8) is 0 Å². The van der Waals surface area contributed by atoms with Gasteiger partial charge in [0.25, 0.3) is 0 Å². The van der Waals surface area contributed by atoms with Crippen LogP contribution in [0.2, 0.25) is 0 Å². The fourth-order valence-electron chi connectivity index (χ4n) is 0.556. The molecule has 1 N–H and O–H groups in total. The number of hydrogen-bond acceptors (Lipinski definition) is 4. The lowest BCUT2D eigenvalue weighted by Crippen LogP contribution is -2.03. The van der Waals surface area contributed by atoms with E-state index in [1.807, 2.05) is 14.0 Å². The van der Waals surface area contributed by atoms with Gasteiger partial charge in [-0.05, 0) is 14.0 Å². The lowest BCUT2D eigenvalue weighted by atomic mass is 10.4. The molecule has 0 fully saturated rings. The molecule has 0 aliphatic rings. The van der Waals surface area contributed by atoms with E-state index in [-0.39, 0.29) is 0 Å². The maximum Gasteiger partial charge on any atom is 0.143 e. The van der Waals surface area contributed by atoms with Crippen molar-refractivity contribution in [3.05, 3.63) is 11.8 Å². The number of aryl methyl sites for hydroxylation is 1. The van der Waals surface area contributed by atoms with Crippen LogP contribution in [0.3, 0.4) is 0 Å². The molecule has 0 atom stereocenters. The Morgan fingerprint density at radius 1 is 1.80 bits per heavy atom. The summed E-state index contributed by atoms with van der Waals surface area (Å²) in [6, 6.07) is 0. The number of nitrogens with one attached hydrogen (secondary N) is 1. The van der Waals surface area contributed by atoms with E-state index in [0.29, 0.717) is 0 Å². The molecule has 1 aromatic rings. The Labute approximate surface area is 64.2 Å². The first kappa shape index (κ1) is 7.63. The van der Waals surface area contributed by atoms with E-state index < -0.39 is 0 Å². The first-order valence-corrected chi connectivity index (χ1v) is 4.01. The van der Waals surface area contributed by atoms with Crippen molar-refractivity contribution in [3.8, 4) is 0 Å². The monoisotopic (exact) mass is 158 g/mol. The Morgan fingerprint density at radius 2 is 2.60 bits per heavy atom. The molecule has 4 heteroatoms. The fourth-order valence-corrected chi connectivity index (χ4v) is 1.21. The average molecular weight is 158 g/mol. The Morgan fingerprint density at radius 3 is 3.10 bits per heavy atom. The molecule has 0 saturated carbocycles. The molecule has 10 heavy (non-hydrogen) atoms. The van der Waals surface area contributed by atoms with E-state index in [2.05, 4.69) is 10.5 Å². The molecule has 0 unspecified atom stereocenters. The third-order valence-electron chi connectivity index (χ3n) is 1.06. The highest BCUT2D eigenvalue weighted by atomic mass is 32.2. The van der Waals surface area contributed by atoms with Gasteiger partial charge in [-0.25, -0.2) is 0 Å². The van der Waals surface area contributed by atoms with Crippen LogP contribution in [0.1, 0.15) is 5.56 Å². The normalized spacial score (nSPS) is 10.2. The molecule has 56 valence electrons. The average Bonchev–Trinajstić information content (AvgIpc) is 2.31. The van der Waals surface area contributed by atoms with Crippen molar-refractivity contribution >= 4 is 11.8 Å². The maximum absolute atomic E-state index is 4.74. The van der Waals surface area contributed by atoms with Crippen LogP contribution in [0.25, 0.3) is 0 Å². The Kier molecular flexibility index (Phi) is 2.77. The molecule has 0 aliphatic carbocycles. The minimum Gasteiger partial charge on any atom is -0.363 e. The predicted molar refractivity (Wildman–Crippen MR) is 41.0 cm³/mol. The molecule has 1 heterocycles. The SMILES string of the molecule is CNCSc1nocc1C. The molecule has 0 spiro atoms. The predicted octanol–water partition coefficient (Wildman–Crippen LogP) is 1.25. The van der Waals surface area contributed by atoms with Crippen LogP contribution in [-0.2, 0) is 0 Å². The lowest BCUT2D eigenvalue weighted by molar-refractivity contribution is 0.404. The summed E-state index contributed by atoms with van der Waals surface area (Å²) in [5.41, 5.74) is 1.10. The molecule has 0 radical (unpaired) electrons. The van der Waals surface area contributed by atoms with E-state index in [1.165, 1.54) is 0 Å². The number of rotatable bonds is 3. The summed E-state index contributed by atoms with van der Waals surface area (Å²) < 4.78 is 4.74. The zero-order valence-electron chi connectivity index (χ0n) is 6.05. The lowest BCUT2D eigenvalue weighted by Gasteiger charge is -1.93. The van der Waals surface area contributed by atoms with Crippen molar-refractivity contribution in [1.82, 2.24) is 10.5 Å². The van der Waals surface area contributed by atoms with Gasteiger partial charge in [0.2, 0.25) is 0 Å². The third-order valence-corrected chi connectivity index (χ3v) is 2.16. The molecule has 0 aliphatic heterocycles. The number of nitrogens with zero attached hydrogens (tertiary/aromatic N) is 1. The van der Waals surface area contributed by atoms with Crippen molar-refractivity contribution in [2.24, 2.45) is 0 Å². The summed E-state index contributed by atoms with van der Waals surface area (Å²) >= 11 is 1.64. The first-order valence-electron chi connectivity index (χ1n) is 3.03. The van der Waals surface area contributed by atoms with Gasteiger partial charge in [-0.2, -0.15) is 0 Å². The fraction of sp³-hybridized carbons (Fsp3) is 0.500. The minimum absolute atomic E-state index is 0.868.